The van der Waals surface area contributed by atoms with Crippen molar-refractivity contribution in [2.45, 2.75) is 13.5 Å². The van der Waals surface area contributed by atoms with Crippen LogP contribution in [0.3, 0.4) is 0 Å². The zero-order valence-electron chi connectivity index (χ0n) is 8.98. The Labute approximate surface area is 103 Å². The van der Waals surface area contributed by atoms with Gasteiger partial charge in [0.1, 0.15) is 17.0 Å². The van der Waals surface area contributed by atoms with E-state index in [1.54, 1.807) is 0 Å². The molecular weight excluding hydrogens is 266 g/mol. The minimum Gasteiger partial charge on any atom is -0.487 e. The molecule has 0 fully saturated rings. The second-order valence-electron chi connectivity index (χ2n) is 3.51. The van der Waals surface area contributed by atoms with Crippen molar-refractivity contribution < 1.29 is 4.74 Å². The molecule has 82 valence electrons. The number of pyridine rings is 1. The maximum absolute atomic E-state index is 5.69. The molecule has 2 nitrogen and oxygen atoms in total. The van der Waals surface area contributed by atoms with Gasteiger partial charge in [-0.1, -0.05) is 24.3 Å². The van der Waals surface area contributed by atoms with E-state index in [4.69, 9.17) is 4.74 Å². The third-order valence-electron chi connectivity index (χ3n) is 2.24. The Hall–Kier alpha value is -1.35. The lowest BCUT2D eigenvalue weighted by atomic mass is 10.2. The Balaban J connectivity index is 2.05. The first kappa shape index (κ1) is 11.1. The summed E-state index contributed by atoms with van der Waals surface area (Å²) in [6, 6.07) is 13.8. The summed E-state index contributed by atoms with van der Waals surface area (Å²) in [6.45, 7) is 2.52. The van der Waals surface area contributed by atoms with Crippen molar-refractivity contribution in [3.05, 3.63) is 58.3 Å². The largest absolute Gasteiger partial charge is 0.487 e. The Kier molecular flexibility index (Phi) is 3.57. The number of hydrogen-bond donors (Lipinski definition) is 0. The van der Waals surface area contributed by atoms with Crippen molar-refractivity contribution in [1.29, 1.82) is 0 Å². The third kappa shape index (κ3) is 2.83. The van der Waals surface area contributed by atoms with Gasteiger partial charge in [0, 0.05) is 0 Å². The molecule has 0 saturated carbocycles. The summed E-state index contributed by atoms with van der Waals surface area (Å²) in [5.74, 6) is 0.907. The van der Waals surface area contributed by atoms with Crippen LogP contribution in [0, 0.1) is 6.92 Å². The van der Waals surface area contributed by atoms with Crippen molar-refractivity contribution in [2.24, 2.45) is 0 Å². The molecule has 1 aromatic heterocycles. The van der Waals surface area contributed by atoms with Crippen LogP contribution < -0.4 is 4.74 Å². The van der Waals surface area contributed by atoms with Crippen LogP contribution in [0.1, 0.15) is 11.3 Å². The van der Waals surface area contributed by atoms with E-state index in [-0.39, 0.29) is 0 Å². The fraction of sp³-hybridized carbons (Fsp3) is 0.154. The van der Waals surface area contributed by atoms with E-state index < -0.39 is 0 Å². The summed E-state index contributed by atoms with van der Waals surface area (Å²) in [4.78, 5) is 4.31. The van der Waals surface area contributed by atoms with Gasteiger partial charge in [0.05, 0.1) is 5.69 Å². The number of aryl methyl sites for hydroxylation is 1. The molecule has 0 aliphatic carbocycles. The number of benzene rings is 1. The first-order valence-corrected chi connectivity index (χ1v) is 5.85. The van der Waals surface area contributed by atoms with Crippen LogP contribution in [0.2, 0.25) is 0 Å². The smallest absolute Gasteiger partial charge is 0.130 e. The van der Waals surface area contributed by atoms with Gasteiger partial charge in [0.2, 0.25) is 0 Å². The van der Waals surface area contributed by atoms with Gasteiger partial charge in [-0.05, 0) is 46.6 Å². The van der Waals surface area contributed by atoms with Crippen LogP contribution in [-0.2, 0) is 6.61 Å². The third-order valence-corrected chi connectivity index (χ3v) is 2.68. The van der Waals surface area contributed by atoms with Crippen molar-refractivity contribution >= 4 is 15.9 Å². The summed E-state index contributed by atoms with van der Waals surface area (Å²) in [6.07, 6.45) is 0. The Morgan fingerprint density at radius 2 is 1.94 bits per heavy atom. The fourth-order valence-corrected chi connectivity index (χ4v) is 1.78. The molecule has 0 aliphatic rings. The van der Waals surface area contributed by atoms with E-state index in [1.807, 2.05) is 49.4 Å². The first-order chi connectivity index (χ1) is 7.75. The van der Waals surface area contributed by atoms with Gasteiger partial charge in [-0.3, -0.25) is 0 Å². The molecular formula is C13H12BrNO. The molecule has 0 radical (unpaired) electrons. The zero-order chi connectivity index (χ0) is 11.4. The van der Waals surface area contributed by atoms with Crippen LogP contribution in [0.4, 0.5) is 0 Å². The Bertz CT molecular complexity index is 485. The SMILES string of the molecule is Cc1ccccc1OCc1cccc(Br)n1. The lowest BCUT2D eigenvalue weighted by Gasteiger charge is -2.08. The molecule has 3 heteroatoms. The van der Waals surface area contributed by atoms with Gasteiger partial charge < -0.3 is 4.74 Å². The number of para-hydroxylation sites is 1. The van der Waals surface area contributed by atoms with Crippen LogP contribution in [0.15, 0.2) is 47.1 Å². The minimum atomic E-state index is 0.490. The lowest BCUT2D eigenvalue weighted by Crippen LogP contribution is -1.99. The molecule has 2 rings (SSSR count). The van der Waals surface area contributed by atoms with E-state index >= 15 is 0 Å². The van der Waals surface area contributed by atoms with E-state index in [2.05, 4.69) is 20.9 Å². The average molecular weight is 278 g/mol. The number of halogens is 1. The highest BCUT2D eigenvalue weighted by Crippen LogP contribution is 2.17. The van der Waals surface area contributed by atoms with Gasteiger partial charge in [-0.15, -0.1) is 0 Å². The highest BCUT2D eigenvalue weighted by Gasteiger charge is 2.00. The first-order valence-electron chi connectivity index (χ1n) is 5.05. The highest BCUT2D eigenvalue weighted by atomic mass is 79.9. The predicted octanol–water partition coefficient (Wildman–Crippen LogP) is 3.73. The Morgan fingerprint density at radius 1 is 1.12 bits per heavy atom. The van der Waals surface area contributed by atoms with E-state index in [0.29, 0.717) is 6.61 Å². The summed E-state index contributed by atoms with van der Waals surface area (Å²) < 4.78 is 6.53. The van der Waals surface area contributed by atoms with Crippen molar-refractivity contribution in [2.75, 3.05) is 0 Å². The van der Waals surface area contributed by atoms with Gasteiger partial charge >= 0.3 is 0 Å². The van der Waals surface area contributed by atoms with Crippen molar-refractivity contribution in [1.82, 2.24) is 4.98 Å². The van der Waals surface area contributed by atoms with Gasteiger partial charge in [-0.25, -0.2) is 4.98 Å². The molecule has 0 atom stereocenters. The monoisotopic (exact) mass is 277 g/mol. The van der Waals surface area contributed by atoms with Crippen LogP contribution >= 0.6 is 15.9 Å². The molecule has 1 heterocycles. The molecule has 0 amide bonds. The standard InChI is InChI=1S/C13H12BrNO/c1-10-5-2-3-7-12(10)16-9-11-6-4-8-13(14)15-11/h2-8H,9H2,1H3. The maximum Gasteiger partial charge on any atom is 0.130 e. The van der Waals surface area contributed by atoms with E-state index in [1.165, 1.54) is 0 Å². The van der Waals surface area contributed by atoms with Gasteiger partial charge in [0.25, 0.3) is 0 Å². The summed E-state index contributed by atoms with van der Waals surface area (Å²) in [7, 11) is 0. The van der Waals surface area contributed by atoms with E-state index in [9.17, 15) is 0 Å². The minimum absolute atomic E-state index is 0.490. The van der Waals surface area contributed by atoms with Crippen molar-refractivity contribution in [3.63, 3.8) is 0 Å². The molecule has 1 aromatic carbocycles. The molecule has 0 N–H and O–H groups in total. The van der Waals surface area contributed by atoms with Gasteiger partial charge in [0.15, 0.2) is 0 Å². The molecule has 0 spiro atoms. The summed E-state index contributed by atoms with van der Waals surface area (Å²) in [5, 5.41) is 0. The molecule has 0 saturated heterocycles. The quantitative estimate of drug-likeness (QED) is 0.798. The number of nitrogens with zero attached hydrogens (tertiary/aromatic N) is 1. The van der Waals surface area contributed by atoms with Crippen molar-refractivity contribution in [3.8, 4) is 5.75 Å². The summed E-state index contributed by atoms with van der Waals surface area (Å²) in [5.41, 5.74) is 2.05. The average Bonchev–Trinajstić information content (AvgIpc) is 2.28. The fourth-order valence-electron chi connectivity index (χ4n) is 1.40. The predicted molar refractivity (Wildman–Crippen MR) is 67.4 cm³/mol. The van der Waals surface area contributed by atoms with Crippen LogP contribution in [0.25, 0.3) is 0 Å². The maximum atomic E-state index is 5.69. The van der Waals surface area contributed by atoms with Crippen LogP contribution in [-0.4, -0.2) is 4.98 Å². The second kappa shape index (κ2) is 5.12. The number of hydrogen-bond acceptors (Lipinski definition) is 2. The highest BCUT2D eigenvalue weighted by molar-refractivity contribution is 9.10. The summed E-state index contributed by atoms with van der Waals surface area (Å²) >= 11 is 3.34. The number of ether oxygens (including phenoxy) is 1. The number of aromatic nitrogens is 1. The molecule has 0 bridgehead atoms. The Morgan fingerprint density at radius 3 is 2.69 bits per heavy atom. The second-order valence-corrected chi connectivity index (χ2v) is 4.32. The number of rotatable bonds is 3. The molecule has 16 heavy (non-hydrogen) atoms. The topological polar surface area (TPSA) is 22.1 Å². The zero-order valence-corrected chi connectivity index (χ0v) is 10.6. The van der Waals surface area contributed by atoms with E-state index in [0.717, 1.165) is 21.6 Å². The van der Waals surface area contributed by atoms with Gasteiger partial charge in [-0.2, -0.15) is 0 Å². The molecule has 0 aliphatic heterocycles. The normalized spacial score (nSPS) is 10.1. The lowest BCUT2D eigenvalue weighted by molar-refractivity contribution is 0.299. The molecule has 0 unspecified atom stereocenters. The molecule has 2 aromatic rings. The van der Waals surface area contributed by atoms with Crippen LogP contribution in [0.5, 0.6) is 5.75 Å².